The summed E-state index contributed by atoms with van der Waals surface area (Å²) in [6.45, 7) is 13.2. The Morgan fingerprint density at radius 1 is 0.816 bits per heavy atom. The van der Waals surface area contributed by atoms with Gasteiger partial charge in [-0.2, -0.15) is 17.2 Å². The molecule has 0 saturated carbocycles. The molecule has 7 rings (SSSR count). The Bertz CT molecular complexity index is 2250. The second-order valence-electron chi connectivity index (χ2n) is 13.3. The van der Waals surface area contributed by atoms with Crippen molar-refractivity contribution in [2.75, 3.05) is 0 Å². The number of hydrogen-bond donors (Lipinski definition) is 0. The maximum Gasteiger partial charge on any atom is 2.00 e. The molecule has 0 spiro atoms. The normalized spacial score (nSPS) is 11.6. The topological polar surface area (TPSA) is 44.9 Å². The fourth-order valence-corrected chi connectivity index (χ4v) is 6.60. The van der Waals surface area contributed by atoms with Crippen LogP contribution in [0.15, 0.2) is 97.2 Å². The summed E-state index contributed by atoms with van der Waals surface area (Å²) in [5.74, 6) is 2.12. The van der Waals surface area contributed by atoms with E-state index < -0.39 is 0 Å². The standard InChI is InChI=1S/C43H42N4O.Pt/c1-7-9-14-31-23-24-44-41(25-31)46-39-22-19-33(43(5,6)8-2)26-38(39)37-21-20-36(28-40(37)46)48-35-18-13-17-34(27-35)47-30(4)42(29(3)45-47)32-15-11-10-12-16-32;/h10-13,15-26H,7-9,14H2,1-6H3;/q-2;+2. The largest absolute Gasteiger partial charge is 2.00 e. The molecule has 4 aromatic carbocycles. The zero-order valence-corrected chi connectivity index (χ0v) is 31.4. The first kappa shape index (κ1) is 34.4. The van der Waals surface area contributed by atoms with Crippen LogP contribution in [0.1, 0.15) is 69.5 Å². The van der Waals surface area contributed by atoms with Crippen molar-refractivity contribution in [3.05, 3.63) is 132 Å². The molecule has 0 unspecified atom stereocenters. The van der Waals surface area contributed by atoms with Crippen molar-refractivity contribution in [1.82, 2.24) is 19.3 Å². The van der Waals surface area contributed by atoms with Gasteiger partial charge in [0.15, 0.2) is 0 Å². The van der Waals surface area contributed by atoms with Crippen LogP contribution in [0.4, 0.5) is 0 Å². The summed E-state index contributed by atoms with van der Waals surface area (Å²) in [7, 11) is 0. The van der Waals surface area contributed by atoms with E-state index in [4.69, 9.17) is 14.8 Å². The van der Waals surface area contributed by atoms with Gasteiger partial charge >= 0.3 is 21.1 Å². The van der Waals surface area contributed by atoms with Gasteiger partial charge in [-0.3, -0.25) is 4.68 Å². The molecule has 0 N–H and O–H groups in total. The summed E-state index contributed by atoms with van der Waals surface area (Å²) in [4.78, 5) is 4.86. The van der Waals surface area contributed by atoms with Crippen LogP contribution in [0.2, 0.25) is 0 Å². The Labute approximate surface area is 304 Å². The molecule has 0 radical (unpaired) electrons. The van der Waals surface area contributed by atoms with Crippen LogP contribution in [-0.2, 0) is 32.9 Å². The van der Waals surface area contributed by atoms with Crippen LogP contribution in [-0.4, -0.2) is 19.3 Å². The number of benzene rings is 4. The van der Waals surface area contributed by atoms with Crippen molar-refractivity contribution in [3.63, 3.8) is 0 Å². The van der Waals surface area contributed by atoms with E-state index in [9.17, 15) is 0 Å². The minimum Gasteiger partial charge on any atom is -0.509 e. The third-order valence-electron chi connectivity index (χ3n) is 9.73. The molecule has 0 aliphatic rings. The van der Waals surface area contributed by atoms with Gasteiger partial charge in [0, 0.05) is 34.5 Å². The summed E-state index contributed by atoms with van der Waals surface area (Å²) >= 11 is 0. The summed E-state index contributed by atoms with van der Waals surface area (Å²) in [5.41, 5.74) is 9.89. The number of nitrogens with zero attached hydrogens (tertiary/aromatic N) is 4. The number of unbranched alkanes of at least 4 members (excludes halogenated alkanes) is 1. The molecule has 49 heavy (non-hydrogen) atoms. The zero-order valence-electron chi connectivity index (χ0n) is 29.1. The SMILES string of the molecule is CCCCc1ccnc(-n2c3[c-]c(Oc4[c-]c(-n5nc(C)c(-c6ccccc6)c5C)ccc4)ccc3c3cc(C(C)(C)CC)ccc32)c1.[Pt+2]. The van der Waals surface area contributed by atoms with Gasteiger partial charge in [-0.05, 0) is 84.5 Å². The van der Waals surface area contributed by atoms with E-state index in [2.05, 4.69) is 119 Å². The first-order valence-corrected chi connectivity index (χ1v) is 17.1. The number of ether oxygens (including phenoxy) is 1. The minimum atomic E-state index is 0. The summed E-state index contributed by atoms with van der Waals surface area (Å²) in [6, 6.07) is 38.8. The molecule has 0 atom stereocenters. The van der Waals surface area contributed by atoms with E-state index in [1.807, 2.05) is 41.2 Å². The van der Waals surface area contributed by atoms with Gasteiger partial charge in [-0.15, -0.1) is 35.7 Å². The van der Waals surface area contributed by atoms with Crippen LogP contribution in [0.5, 0.6) is 11.5 Å². The van der Waals surface area contributed by atoms with Crippen molar-refractivity contribution < 1.29 is 25.8 Å². The number of fused-ring (bicyclic) bond motifs is 3. The number of rotatable bonds is 10. The maximum atomic E-state index is 6.48. The Morgan fingerprint density at radius 2 is 1.61 bits per heavy atom. The molecule has 6 heteroatoms. The predicted octanol–water partition coefficient (Wildman–Crippen LogP) is 11.1. The van der Waals surface area contributed by atoms with Crippen LogP contribution >= 0.6 is 0 Å². The number of hydrogen-bond acceptors (Lipinski definition) is 3. The first-order valence-electron chi connectivity index (χ1n) is 17.1. The Kier molecular flexibility index (Phi) is 9.95. The van der Waals surface area contributed by atoms with Gasteiger partial charge < -0.3 is 9.30 Å². The fraction of sp³-hybridized carbons (Fsp3) is 0.256. The second-order valence-corrected chi connectivity index (χ2v) is 13.3. The smallest absolute Gasteiger partial charge is 0.509 e. The van der Waals surface area contributed by atoms with Gasteiger partial charge in [-0.1, -0.05) is 82.1 Å². The Morgan fingerprint density at radius 3 is 2.39 bits per heavy atom. The van der Waals surface area contributed by atoms with Crippen molar-refractivity contribution in [2.45, 2.75) is 72.6 Å². The van der Waals surface area contributed by atoms with Crippen molar-refractivity contribution in [2.24, 2.45) is 0 Å². The minimum absolute atomic E-state index is 0. The van der Waals surface area contributed by atoms with Crippen molar-refractivity contribution in [3.8, 4) is 34.1 Å². The predicted molar refractivity (Wildman–Crippen MR) is 197 cm³/mol. The van der Waals surface area contributed by atoms with E-state index in [0.717, 1.165) is 76.1 Å². The van der Waals surface area contributed by atoms with E-state index in [0.29, 0.717) is 11.5 Å². The molecule has 5 nitrogen and oxygen atoms in total. The third kappa shape index (κ3) is 6.62. The monoisotopic (exact) mass is 825 g/mol. The summed E-state index contributed by atoms with van der Waals surface area (Å²) in [6.07, 6.45) is 6.32. The van der Waals surface area contributed by atoms with Crippen LogP contribution in [0.25, 0.3) is 44.4 Å². The molecular weight excluding hydrogens is 784 g/mol. The molecule has 0 amide bonds. The summed E-state index contributed by atoms with van der Waals surface area (Å²) in [5, 5.41) is 7.20. The molecule has 3 heterocycles. The molecule has 250 valence electrons. The number of aromatic nitrogens is 4. The van der Waals surface area contributed by atoms with Crippen molar-refractivity contribution >= 4 is 21.8 Å². The molecule has 0 bridgehead atoms. The molecule has 0 aliphatic carbocycles. The van der Waals surface area contributed by atoms with E-state index in [1.54, 1.807) is 0 Å². The molecular formula is C43H42N4OPt. The van der Waals surface area contributed by atoms with E-state index in [1.165, 1.54) is 16.5 Å². The average molecular weight is 826 g/mol. The van der Waals surface area contributed by atoms with Gasteiger partial charge in [-0.25, -0.2) is 4.98 Å². The average Bonchev–Trinajstić information content (AvgIpc) is 3.59. The van der Waals surface area contributed by atoms with Crippen LogP contribution < -0.4 is 4.74 Å². The van der Waals surface area contributed by atoms with Gasteiger partial charge in [0.2, 0.25) is 0 Å². The Balaban J connectivity index is 0.00000417. The third-order valence-corrected chi connectivity index (χ3v) is 9.73. The number of pyridine rings is 1. The van der Waals surface area contributed by atoms with Crippen LogP contribution in [0.3, 0.4) is 0 Å². The first-order chi connectivity index (χ1) is 23.3. The molecule has 7 aromatic rings. The number of aryl methyl sites for hydroxylation is 2. The fourth-order valence-electron chi connectivity index (χ4n) is 6.60. The van der Waals surface area contributed by atoms with Crippen molar-refractivity contribution in [1.29, 1.82) is 0 Å². The van der Waals surface area contributed by atoms with E-state index in [-0.39, 0.29) is 26.5 Å². The van der Waals surface area contributed by atoms with E-state index >= 15 is 0 Å². The quantitative estimate of drug-likeness (QED) is 0.129. The maximum absolute atomic E-state index is 6.48. The second kappa shape index (κ2) is 14.2. The zero-order chi connectivity index (χ0) is 33.4. The van der Waals surface area contributed by atoms with Gasteiger partial charge in [0.05, 0.1) is 5.69 Å². The summed E-state index contributed by atoms with van der Waals surface area (Å²) < 4.78 is 10.7. The molecule has 0 saturated heterocycles. The van der Waals surface area contributed by atoms with Gasteiger partial charge in [0.25, 0.3) is 0 Å². The van der Waals surface area contributed by atoms with Crippen LogP contribution in [0, 0.1) is 26.0 Å². The Hall–Kier alpha value is -4.47. The molecule has 0 aliphatic heterocycles. The molecule has 3 aromatic heterocycles. The molecule has 0 fully saturated rings. The van der Waals surface area contributed by atoms with Gasteiger partial charge in [0.1, 0.15) is 5.82 Å².